The summed E-state index contributed by atoms with van der Waals surface area (Å²) in [6.45, 7) is 1.93. The number of carbonyl (C=O) groups is 1. The molecule has 2 aromatic carbocycles. The molecule has 6 nitrogen and oxygen atoms in total. The average Bonchev–Trinajstić information content (AvgIpc) is 2.66. The number of rotatable bonds is 8. The van der Waals surface area contributed by atoms with Crippen LogP contribution in [-0.2, 0) is 11.2 Å². The van der Waals surface area contributed by atoms with Gasteiger partial charge in [-0.1, -0.05) is 19.1 Å². The molecule has 0 aliphatic rings. The zero-order valence-electron chi connectivity index (χ0n) is 14.9. The standard InChI is InChI=1S/C19H21BrN2O4/c1-4-13-8-9-16(15(20)10-13)26-12-18(23)22-21-11-14-6-5-7-17(24-2)19(14)25-3/h5-11H,4,12H2,1-3H3,(H,22,23). The third-order valence-corrected chi connectivity index (χ3v) is 4.21. The molecule has 2 aromatic rings. The summed E-state index contributed by atoms with van der Waals surface area (Å²) in [4.78, 5) is 11.9. The molecule has 1 amide bonds. The molecule has 26 heavy (non-hydrogen) atoms. The number of carbonyl (C=O) groups excluding carboxylic acids is 1. The van der Waals surface area contributed by atoms with Crippen molar-refractivity contribution >= 4 is 28.1 Å². The number of aryl methyl sites for hydroxylation is 1. The molecule has 0 bridgehead atoms. The van der Waals surface area contributed by atoms with Gasteiger partial charge in [0, 0.05) is 5.56 Å². The summed E-state index contributed by atoms with van der Waals surface area (Å²) in [5, 5.41) is 3.94. The topological polar surface area (TPSA) is 69.2 Å². The van der Waals surface area contributed by atoms with E-state index in [1.807, 2.05) is 24.3 Å². The van der Waals surface area contributed by atoms with Crippen LogP contribution in [0.5, 0.6) is 17.2 Å². The molecule has 0 saturated carbocycles. The Kier molecular flexibility index (Phi) is 7.47. The van der Waals surface area contributed by atoms with Gasteiger partial charge in [-0.3, -0.25) is 4.79 Å². The molecule has 0 saturated heterocycles. The van der Waals surface area contributed by atoms with Crippen LogP contribution in [0, 0.1) is 0 Å². The first-order valence-corrected chi connectivity index (χ1v) is 8.82. The van der Waals surface area contributed by atoms with E-state index in [-0.39, 0.29) is 12.5 Å². The van der Waals surface area contributed by atoms with Crippen molar-refractivity contribution < 1.29 is 19.0 Å². The third-order valence-electron chi connectivity index (χ3n) is 3.59. The van der Waals surface area contributed by atoms with Crippen LogP contribution < -0.4 is 19.6 Å². The van der Waals surface area contributed by atoms with Gasteiger partial charge in [-0.25, -0.2) is 5.43 Å². The lowest BCUT2D eigenvalue weighted by Crippen LogP contribution is -2.24. The van der Waals surface area contributed by atoms with Gasteiger partial charge in [0.25, 0.3) is 5.91 Å². The molecule has 1 N–H and O–H groups in total. The summed E-state index contributed by atoms with van der Waals surface area (Å²) in [5.74, 6) is 1.38. The zero-order valence-corrected chi connectivity index (χ0v) is 16.5. The Bertz CT molecular complexity index is 793. The largest absolute Gasteiger partial charge is 0.493 e. The quantitative estimate of drug-likeness (QED) is 0.523. The number of para-hydroxylation sites is 1. The van der Waals surface area contributed by atoms with Crippen molar-refractivity contribution in [2.75, 3.05) is 20.8 Å². The number of halogens is 1. The van der Waals surface area contributed by atoms with Crippen LogP contribution in [0.2, 0.25) is 0 Å². The summed E-state index contributed by atoms with van der Waals surface area (Å²) in [5.41, 5.74) is 4.30. The fraction of sp³-hybridized carbons (Fsp3) is 0.263. The first kappa shape index (κ1) is 19.8. The normalized spacial score (nSPS) is 10.6. The van der Waals surface area contributed by atoms with E-state index >= 15 is 0 Å². The molecule has 0 radical (unpaired) electrons. The second kappa shape index (κ2) is 9.82. The number of amides is 1. The molecule has 0 heterocycles. The van der Waals surface area contributed by atoms with Crippen molar-refractivity contribution in [3.8, 4) is 17.2 Å². The van der Waals surface area contributed by atoms with Gasteiger partial charge in [0.1, 0.15) is 5.75 Å². The number of hydrogen-bond acceptors (Lipinski definition) is 5. The van der Waals surface area contributed by atoms with Gasteiger partial charge in [-0.05, 0) is 52.2 Å². The van der Waals surface area contributed by atoms with Gasteiger partial charge in [-0.2, -0.15) is 5.10 Å². The van der Waals surface area contributed by atoms with E-state index in [0.29, 0.717) is 22.8 Å². The number of methoxy groups -OCH3 is 2. The van der Waals surface area contributed by atoms with Crippen LogP contribution in [0.15, 0.2) is 46.0 Å². The first-order chi connectivity index (χ1) is 12.6. The summed E-state index contributed by atoms with van der Waals surface area (Å²) < 4.78 is 16.8. The van der Waals surface area contributed by atoms with Gasteiger partial charge < -0.3 is 14.2 Å². The fourth-order valence-corrected chi connectivity index (χ4v) is 2.79. The Hall–Kier alpha value is -2.54. The predicted octanol–water partition coefficient (Wildman–Crippen LogP) is 3.56. The maximum absolute atomic E-state index is 11.9. The minimum absolute atomic E-state index is 0.142. The van der Waals surface area contributed by atoms with E-state index in [9.17, 15) is 4.79 Å². The van der Waals surface area contributed by atoms with E-state index in [0.717, 1.165) is 10.9 Å². The first-order valence-electron chi connectivity index (χ1n) is 8.03. The van der Waals surface area contributed by atoms with Gasteiger partial charge in [-0.15, -0.1) is 0 Å². The lowest BCUT2D eigenvalue weighted by Gasteiger charge is -2.10. The molecular weight excluding hydrogens is 400 g/mol. The lowest BCUT2D eigenvalue weighted by atomic mass is 10.2. The second-order valence-electron chi connectivity index (χ2n) is 5.28. The molecule has 0 aromatic heterocycles. The Labute approximate surface area is 161 Å². The van der Waals surface area contributed by atoms with E-state index in [1.165, 1.54) is 11.8 Å². The summed E-state index contributed by atoms with van der Waals surface area (Å²) in [6, 6.07) is 11.2. The SMILES string of the molecule is CCc1ccc(OCC(=O)NN=Cc2cccc(OC)c2OC)c(Br)c1. The van der Waals surface area contributed by atoms with Gasteiger partial charge in [0.15, 0.2) is 18.1 Å². The summed E-state index contributed by atoms with van der Waals surface area (Å²) >= 11 is 3.44. The van der Waals surface area contributed by atoms with Crippen molar-refractivity contribution in [2.24, 2.45) is 5.10 Å². The number of hydrazone groups is 1. The maximum Gasteiger partial charge on any atom is 0.277 e. The molecule has 0 aliphatic carbocycles. The highest BCUT2D eigenvalue weighted by Crippen LogP contribution is 2.29. The van der Waals surface area contributed by atoms with Gasteiger partial charge in [0.05, 0.1) is 24.9 Å². The van der Waals surface area contributed by atoms with Crippen molar-refractivity contribution in [1.82, 2.24) is 5.43 Å². The Morgan fingerprint density at radius 1 is 1.19 bits per heavy atom. The van der Waals surface area contributed by atoms with Gasteiger partial charge in [0.2, 0.25) is 0 Å². The Balaban J connectivity index is 1.92. The van der Waals surface area contributed by atoms with Crippen LogP contribution in [0.4, 0.5) is 0 Å². The van der Waals surface area contributed by atoms with Gasteiger partial charge >= 0.3 is 0 Å². The second-order valence-corrected chi connectivity index (χ2v) is 6.14. The number of hydrogen-bond donors (Lipinski definition) is 1. The predicted molar refractivity (Wildman–Crippen MR) is 104 cm³/mol. The van der Waals surface area contributed by atoms with E-state index in [4.69, 9.17) is 14.2 Å². The highest BCUT2D eigenvalue weighted by Gasteiger charge is 2.08. The monoisotopic (exact) mass is 420 g/mol. The van der Waals surface area contributed by atoms with Crippen molar-refractivity contribution in [2.45, 2.75) is 13.3 Å². The number of nitrogens with zero attached hydrogens (tertiary/aromatic N) is 1. The number of benzene rings is 2. The lowest BCUT2D eigenvalue weighted by molar-refractivity contribution is -0.123. The number of ether oxygens (including phenoxy) is 3. The van der Waals surface area contributed by atoms with Crippen LogP contribution in [0.3, 0.4) is 0 Å². The molecular formula is C19H21BrN2O4. The Morgan fingerprint density at radius 3 is 2.65 bits per heavy atom. The van der Waals surface area contributed by atoms with Crippen LogP contribution >= 0.6 is 15.9 Å². The highest BCUT2D eigenvalue weighted by molar-refractivity contribution is 9.10. The summed E-state index contributed by atoms with van der Waals surface area (Å²) in [7, 11) is 3.10. The maximum atomic E-state index is 11.9. The van der Waals surface area contributed by atoms with E-state index in [1.54, 1.807) is 26.4 Å². The Morgan fingerprint density at radius 2 is 2.00 bits per heavy atom. The molecule has 0 atom stereocenters. The van der Waals surface area contributed by atoms with Crippen molar-refractivity contribution in [3.05, 3.63) is 52.0 Å². The molecule has 138 valence electrons. The van der Waals surface area contributed by atoms with E-state index < -0.39 is 0 Å². The highest BCUT2D eigenvalue weighted by atomic mass is 79.9. The third kappa shape index (κ3) is 5.23. The van der Waals surface area contributed by atoms with Crippen molar-refractivity contribution in [1.29, 1.82) is 0 Å². The summed E-state index contributed by atoms with van der Waals surface area (Å²) in [6.07, 6.45) is 2.42. The molecule has 0 unspecified atom stereocenters. The smallest absolute Gasteiger partial charge is 0.277 e. The molecule has 0 fully saturated rings. The van der Waals surface area contributed by atoms with E-state index in [2.05, 4.69) is 33.4 Å². The van der Waals surface area contributed by atoms with Crippen LogP contribution in [0.1, 0.15) is 18.1 Å². The fourth-order valence-electron chi connectivity index (χ4n) is 2.24. The number of nitrogens with one attached hydrogen (secondary N) is 1. The molecule has 7 heteroatoms. The average molecular weight is 421 g/mol. The minimum atomic E-state index is -0.366. The minimum Gasteiger partial charge on any atom is -0.493 e. The molecule has 0 aliphatic heterocycles. The molecule has 0 spiro atoms. The van der Waals surface area contributed by atoms with Crippen LogP contribution in [-0.4, -0.2) is 32.9 Å². The van der Waals surface area contributed by atoms with Crippen LogP contribution in [0.25, 0.3) is 0 Å². The van der Waals surface area contributed by atoms with Crippen molar-refractivity contribution in [3.63, 3.8) is 0 Å². The molecule has 2 rings (SSSR count). The zero-order chi connectivity index (χ0) is 18.9.